The molecule has 3 saturated carbocycles. The van der Waals surface area contributed by atoms with Crippen LogP contribution in [0.25, 0.3) is 0 Å². The van der Waals surface area contributed by atoms with Crippen LogP contribution < -0.4 is 5.32 Å². The summed E-state index contributed by atoms with van der Waals surface area (Å²) in [5.74, 6) is 3.03. The molecule has 0 aromatic rings. The number of hydrogen-bond acceptors (Lipinski definition) is 1. The van der Waals surface area contributed by atoms with Crippen LogP contribution >= 0.6 is 0 Å². The minimum absolute atomic E-state index is 0.269. The summed E-state index contributed by atoms with van der Waals surface area (Å²) < 4.78 is 0. The molecule has 3 aliphatic carbocycles. The lowest BCUT2D eigenvalue weighted by Crippen LogP contribution is -2.47. The molecule has 68 valence electrons. The van der Waals surface area contributed by atoms with Crippen molar-refractivity contribution in [3.63, 3.8) is 0 Å². The van der Waals surface area contributed by atoms with Gasteiger partial charge in [-0.05, 0) is 37.0 Å². The molecule has 2 heteroatoms. The third kappa shape index (κ3) is 1.05. The van der Waals surface area contributed by atoms with E-state index >= 15 is 0 Å². The lowest BCUT2D eigenvalue weighted by atomic mass is 9.55. The predicted molar refractivity (Wildman–Crippen MR) is 47.6 cm³/mol. The summed E-state index contributed by atoms with van der Waals surface area (Å²) in [4.78, 5) is 11.4. The summed E-state index contributed by atoms with van der Waals surface area (Å²) in [5.41, 5.74) is 0. The Morgan fingerprint density at radius 1 is 1.25 bits per heavy atom. The van der Waals surface area contributed by atoms with Crippen molar-refractivity contribution in [2.75, 3.05) is 7.05 Å². The largest absolute Gasteiger partial charge is 0.359 e. The van der Waals surface area contributed by atoms with Crippen molar-refractivity contribution < 1.29 is 4.79 Å². The molecule has 0 aromatic carbocycles. The van der Waals surface area contributed by atoms with Crippen LogP contribution in [0.2, 0.25) is 0 Å². The summed E-state index contributed by atoms with van der Waals surface area (Å²) in [6.07, 6.45) is 3.73. The third-order valence-corrected chi connectivity index (χ3v) is 3.79. The summed E-state index contributed by atoms with van der Waals surface area (Å²) in [6.45, 7) is 2.29. The van der Waals surface area contributed by atoms with Gasteiger partial charge in [-0.15, -0.1) is 0 Å². The molecule has 0 unspecified atom stereocenters. The van der Waals surface area contributed by atoms with Gasteiger partial charge in [0.1, 0.15) is 0 Å². The number of amides is 1. The maximum absolute atomic E-state index is 11.4. The molecular weight excluding hydrogens is 150 g/mol. The fourth-order valence-electron chi connectivity index (χ4n) is 2.79. The first-order valence-electron chi connectivity index (χ1n) is 4.94. The molecule has 0 saturated heterocycles. The molecule has 1 N–H and O–H groups in total. The molecule has 0 radical (unpaired) electrons. The van der Waals surface area contributed by atoms with Gasteiger partial charge in [0.15, 0.2) is 0 Å². The van der Waals surface area contributed by atoms with Gasteiger partial charge in [-0.25, -0.2) is 0 Å². The summed E-state index contributed by atoms with van der Waals surface area (Å²) in [6, 6.07) is 0. The van der Waals surface area contributed by atoms with Crippen LogP contribution in [0.15, 0.2) is 0 Å². The molecule has 3 rings (SSSR count). The predicted octanol–water partition coefficient (Wildman–Crippen LogP) is 1.41. The molecule has 1 amide bonds. The third-order valence-electron chi connectivity index (χ3n) is 3.79. The monoisotopic (exact) mass is 167 g/mol. The van der Waals surface area contributed by atoms with Crippen molar-refractivity contribution in [3.05, 3.63) is 0 Å². The van der Waals surface area contributed by atoms with Gasteiger partial charge < -0.3 is 5.32 Å². The highest BCUT2D eigenvalue weighted by atomic mass is 16.1. The normalized spacial score (nSPS) is 44.8. The van der Waals surface area contributed by atoms with Gasteiger partial charge in [-0.2, -0.15) is 0 Å². The van der Waals surface area contributed by atoms with Gasteiger partial charge in [0.05, 0.1) is 0 Å². The van der Waals surface area contributed by atoms with Crippen molar-refractivity contribution in [2.45, 2.75) is 26.2 Å². The van der Waals surface area contributed by atoms with Crippen LogP contribution in [-0.4, -0.2) is 13.0 Å². The minimum atomic E-state index is 0.269. The fraction of sp³-hybridized carbons (Fsp3) is 0.900. The number of carbonyl (C=O) groups excluding carboxylic acids is 1. The topological polar surface area (TPSA) is 29.1 Å². The highest BCUT2D eigenvalue weighted by Crippen LogP contribution is 2.51. The van der Waals surface area contributed by atoms with Crippen molar-refractivity contribution in [3.8, 4) is 0 Å². The molecular formula is C10H17NO. The maximum Gasteiger partial charge on any atom is 0.223 e. The van der Waals surface area contributed by atoms with E-state index in [1.807, 2.05) is 0 Å². The molecule has 0 spiro atoms. The van der Waals surface area contributed by atoms with E-state index < -0.39 is 0 Å². The Balaban J connectivity index is 2.02. The molecule has 0 heterocycles. The zero-order valence-corrected chi connectivity index (χ0v) is 7.84. The van der Waals surface area contributed by atoms with E-state index in [4.69, 9.17) is 0 Å². The average molecular weight is 167 g/mol. The zero-order chi connectivity index (χ0) is 8.72. The fourth-order valence-corrected chi connectivity index (χ4v) is 2.79. The second-order valence-corrected chi connectivity index (χ2v) is 4.43. The second-order valence-electron chi connectivity index (χ2n) is 4.43. The maximum atomic E-state index is 11.4. The lowest BCUT2D eigenvalue weighted by molar-refractivity contribution is -0.133. The molecule has 0 aromatic heterocycles. The Kier molecular flexibility index (Phi) is 1.85. The van der Waals surface area contributed by atoms with E-state index in [9.17, 15) is 4.79 Å². The van der Waals surface area contributed by atoms with Crippen molar-refractivity contribution in [2.24, 2.45) is 23.7 Å². The molecule has 0 aliphatic heterocycles. The van der Waals surface area contributed by atoms with E-state index in [1.54, 1.807) is 7.05 Å². The summed E-state index contributed by atoms with van der Waals surface area (Å²) in [7, 11) is 1.75. The highest BCUT2D eigenvalue weighted by molar-refractivity contribution is 5.79. The van der Waals surface area contributed by atoms with E-state index in [-0.39, 0.29) is 5.91 Å². The quantitative estimate of drug-likeness (QED) is 0.628. The van der Waals surface area contributed by atoms with Crippen LogP contribution in [0.1, 0.15) is 26.2 Å². The molecule has 2 atom stereocenters. The Bertz CT molecular complexity index is 196. The lowest BCUT2D eigenvalue weighted by Gasteiger charge is -2.49. The number of carbonyl (C=O) groups is 1. The SMILES string of the molecule is CNC(=O)[C@H]1C[C@@H](C)C2CC1C2. The number of fused-ring (bicyclic) bond motifs is 2. The molecule has 2 bridgehead atoms. The molecule has 3 fully saturated rings. The Hall–Kier alpha value is -0.530. The van der Waals surface area contributed by atoms with Gasteiger partial charge >= 0.3 is 0 Å². The van der Waals surface area contributed by atoms with Crippen LogP contribution in [0.5, 0.6) is 0 Å². The van der Waals surface area contributed by atoms with E-state index in [2.05, 4.69) is 12.2 Å². The van der Waals surface area contributed by atoms with Crippen molar-refractivity contribution in [1.29, 1.82) is 0 Å². The van der Waals surface area contributed by atoms with E-state index in [1.165, 1.54) is 12.8 Å². The second kappa shape index (κ2) is 2.75. The smallest absolute Gasteiger partial charge is 0.223 e. The molecule has 2 nitrogen and oxygen atoms in total. The Morgan fingerprint density at radius 2 is 1.92 bits per heavy atom. The van der Waals surface area contributed by atoms with Crippen molar-refractivity contribution >= 4 is 5.91 Å². The van der Waals surface area contributed by atoms with Crippen LogP contribution in [-0.2, 0) is 4.79 Å². The number of rotatable bonds is 1. The first-order chi connectivity index (χ1) is 5.72. The van der Waals surface area contributed by atoms with Gasteiger partial charge in [-0.3, -0.25) is 4.79 Å². The molecule has 3 aliphatic rings. The van der Waals surface area contributed by atoms with Crippen LogP contribution in [0, 0.1) is 23.7 Å². The van der Waals surface area contributed by atoms with Gasteiger partial charge in [0.2, 0.25) is 5.91 Å². The van der Waals surface area contributed by atoms with Gasteiger partial charge in [0, 0.05) is 13.0 Å². The Labute approximate surface area is 73.7 Å². The van der Waals surface area contributed by atoms with E-state index in [0.29, 0.717) is 11.8 Å². The summed E-state index contributed by atoms with van der Waals surface area (Å²) in [5, 5.41) is 2.77. The summed E-state index contributed by atoms with van der Waals surface area (Å²) >= 11 is 0. The standard InChI is InChI=1S/C10H17NO/c1-6-3-9(10(12)11-2)8-4-7(6)5-8/h6-9H,3-5H2,1-2H3,(H,11,12)/t6-,7?,8?,9+/m1/s1. The van der Waals surface area contributed by atoms with Crippen molar-refractivity contribution in [1.82, 2.24) is 5.32 Å². The number of nitrogens with one attached hydrogen (secondary N) is 1. The average Bonchev–Trinajstić information content (AvgIpc) is 2.00. The van der Waals surface area contributed by atoms with Crippen LogP contribution in [0.3, 0.4) is 0 Å². The highest BCUT2D eigenvalue weighted by Gasteiger charge is 2.46. The van der Waals surface area contributed by atoms with E-state index in [0.717, 1.165) is 18.3 Å². The molecule has 12 heavy (non-hydrogen) atoms. The van der Waals surface area contributed by atoms with Crippen LogP contribution in [0.4, 0.5) is 0 Å². The first kappa shape index (κ1) is 8.09. The van der Waals surface area contributed by atoms with Gasteiger partial charge in [-0.1, -0.05) is 6.92 Å². The number of hydrogen-bond donors (Lipinski definition) is 1. The van der Waals surface area contributed by atoms with Gasteiger partial charge in [0.25, 0.3) is 0 Å². The minimum Gasteiger partial charge on any atom is -0.359 e. The first-order valence-corrected chi connectivity index (χ1v) is 4.94. The zero-order valence-electron chi connectivity index (χ0n) is 7.84. The Morgan fingerprint density at radius 3 is 2.42 bits per heavy atom.